The van der Waals surface area contributed by atoms with Gasteiger partial charge in [-0.05, 0) is 42.0 Å². The number of cyclic esters (lactones) is 1. The van der Waals surface area contributed by atoms with E-state index in [0.717, 1.165) is 21.3 Å². The van der Waals surface area contributed by atoms with E-state index >= 15 is 0 Å². The van der Waals surface area contributed by atoms with Crippen LogP contribution in [0.5, 0.6) is 5.75 Å². The summed E-state index contributed by atoms with van der Waals surface area (Å²) in [6.45, 7) is 0. The van der Waals surface area contributed by atoms with Crippen LogP contribution in [0.4, 0.5) is 0 Å². The van der Waals surface area contributed by atoms with Gasteiger partial charge in [0.05, 0.1) is 12.7 Å². The summed E-state index contributed by atoms with van der Waals surface area (Å²) in [5, 5.41) is 0. The van der Waals surface area contributed by atoms with Crippen LogP contribution in [0.25, 0.3) is 11.8 Å². The second kappa shape index (κ2) is 6.20. The van der Waals surface area contributed by atoms with Crippen molar-refractivity contribution in [2.24, 2.45) is 0 Å². The zero-order chi connectivity index (χ0) is 15.5. The molecule has 0 aliphatic carbocycles. The van der Waals surface area contributed by atoms with Crippen molar-refractivity contribution in [3.63, 3.8) is 0 Å². The normalized spacial score (nSPS) is 15.6. The van der Waals surface area contributed by atoms with E-state index in [1.54, 1.807) is 19.3 Å². The van der Waals surface area contributed by atoms with Crippen LogP contribution in [-0.2, 0) is 9.53 Å². The van der Waals surface area contributed by atoms with E-state index in [1.165, 1.54) is 0 Å². The molecule has 1 aliphatic heterocycles. The van der Waals surface area contributed by atoms with Crippen molar-refractivity contribution in [2.45, 2.75) is 0 Å². The van der Waals surface area contributed by atoms with E-state index in [-0.39, 0.29) is 5.97 Å². The maximum absolute atomic E-state index is 12.0. The molecule has 3 rings (SSSR count). The van der Waals surface area contributed by atoms with Crippen LogP contribution >= 0.6 is 15.9 Å². The van der Waals surface area contributed by atoms with Crippen molar-refractivity contribution in [1.82, 2.24) is 0 Å². The topological polar surface area (TPSA) is 35.5 Å². The van der Waals surface area contributed by atoms with E-state index in [9.17, 15) is 4.79 Å². The Kier molecular flexibility index (Phi) is 4.11. The van der Waals surface area contributed by atoms with Gasteiger partial charge in [0, 0.05) is 10.0 Å². The summed E-state index contributed by atoms with van der Waals surface area (Å²) in [7, 11) is 1.62. The summed E-state index contributed by atoms with van der Waals surface area (Å²) in [5.41, 5.74) is 2.32. The van der Waals surface area contributed by atoms with Gasteiger partial charge >= 0.3 is 5.97 Å². The predicted molar refractivity (Wildman–Crippen MR) is 89.2 cm³/mol. The van der Waals surface area contributed by atoms with Crippen molar-refractivity contribution in [3.05, 3.63) is 75.8 Å². The fourth-order valence-corrected chi connectivity index (χ4v) is 2.39. The van der Waals surface area contributed by atoms with Gasteiger partial charge in [0.15, 0.2) is 0 Å². The van der Waals surface area contributed by atoms with Crippen LogP contribution < -0.4 is 4.74 Å². The lowest BCUT2D eigenvalue weighted by atomic mass is 10.1. The average Bonchev–Trinajstić information content (AvgIpc) is 2.90. The molecule has 0 unspecified atom stereocenters. The van der Waals surface area contributed by atoms with Crippen molar-refractivity contribution < 1.29 is 14.3 Å². The number of ether oxygens (including phenoxy) is 2. The molecule has 0 bridgehead atoms. The van der Waals surface area contributed by atoms with Gasteiger partial charge < -0.3 is 9.47 Å². The van der Waals surface area contributed by atoms with E-state index in [2.05, 4.69) is 15.9 Å². The third-order valence-corrected chi connectivity index (χ3v) is 3.82. The minimum Gasteiger partial charge on any atom is -0.497 e. The molecular formula is C18H13BrO3. The fraction of sp³-hybridized carbons (Fsp3) is 0.0556. The van der Waals surface area contributed by atoms with Crippen molar-refractivity contribution in [3.8, 4) is 5.75 Å². The van der Waals surface area contributed by atoms with Gasteiger partial charge in [-0.3, -0.25) is 0 Å². The summed E-state index contributed by atoms with van der Waals surface area (Å²) >= 11 is 3.38. The number of carbonyl (C=O) groups is 1. The molecule has 0 atom stereocenters. The van der Waals surface area contributed by atoms with E-state index in [4.69, 9.17) is 9.47 Å². The highest BCUT2D eigenvalue weighted by atomic mass is 79.9. The fourth-order valence-electron chi connectivity index (χ4n) is 2.13. The Labute approximate surface area is 137 Å². The molecule has 4 heteroatoms. The maximum atomic E-state index is 12.0. The first-order chi connectivity index (χ1) is 10.7. The largest absolute Gasteiger partial charge is 0.497 e. The van der Waals surface area contributed by atoms with E-state index in [1.807, 2.05) is 48.5 Å². The Bertz CT molecular complexity index is 756. The molecular weight excluding hydrogens is 344 g/mol. The maximum Gasteiger partial charge on any atom is 0.343 e. The molecule has 1 aliphatic rings. The van der Waals surface area contributed by atoms with Gasteiger partial charge in [-0.2, -0.15) is 0 Å². The van der Waals surface area contributed by atoms with Crippen LogP contribution in [0.1, 0.15) is 11.1 Å². The first-order valence-electron chi connectivity index (χ1n) is 6.71. The number of methoxy groups -OCH3 is 1. The van der Waals surface area contributed by atoms with E-state index < -0.39 is 0 Å². The molecule has 2 aromatic carbocycles. The zero-order valence-electron chi connectivity index (χ0n) is 11.9. The Morgan fingerprint density at radius 2 is 1.73 bits per heavy atom. The van der Waals surface area contributed by atoms with Crippen LogP contribution in [0.2, 0.25) is 0 Å². The lowest BCUT2D eigenvalue weighted by molar-refractivity contribution is -0.130. The highest BCUT2D eigenvalue weighted by Gasteiger charge is 2.21. The Balaban J connectivity index is 1.88. The first kappa shape index (κ1) is 14.6. The van der Waals surface area contributed by atoms with Gasteiger partial charge in [0.2, 0.25) is 0 Å². The molecule has 3 nitrogen and oxygen atoms in total. The SMILES string of the molecule is COc1ccc(/C=C2/C=C(c3ccc(Br)cc3)OC2=O)cc1. The number of hydrogen-bond donors (Lipinski definition) is 0. The molecule has 2 aromatic rings. The molecule has 0 N–H and O–H groups in total. The minimum atomic E-state index is -0.339. The van der Waals surface area contributed by atoms with Crippen LogP contribution in [0, 0.1) is 0 Å². The standard InChI is InChI=1S/C18H13BrO3/c1-21-16-8-2-12(3-9-16)10-14-11-17(22-18(14)20)13-4-6-15(19)7-5-13/h2-11H,1H3/b14-10-. The molecule has 0 saturated carbocycles. The van der Waals surface area contributed by atoms with Gasteiger partial charge in [-0.25, -0.2) is 4.79 Å². The Hall–Kier alpha value is -2.33. The third-order valence-electron chi connectivity index (χ3n) is 3.29. The molecule has 0 aromatic heterocycles. The lowest BCUT2D eigenvalue weighted by Gasteiger charge is -2.01. The highest BCUT2D eigenvalue weighted by molar-refractivity contribution is 9.10. The number of benzene rings is 2. The van der Waals surface area contributed by atoms with Crippen LogP contribution in [0.3, 0.4) is 0 Å². The van der Waals surface area contributed by atoms with Crippen LogP contribution in [-0.4, -0.2) is 13.1 Å². The third kappa shape index (κ3) is 3.12. The first-order valence-corrected chi connectivity index (χ1v) is 7.50. The summed E-state index contributed by atoms with van der Waals surface area (Å²) in [5.74, 6) is 1.01. The van der Waals surface area contributed by atoms with Crippen LogP contribution in [0.15, 0.2) is 64.7 Å². The molecule has 1 heterocycles. The quantitative estimate of drug-likeness (QED) is 0.602. The lowest BCUT2D eigenvalue weighted by Crippen LogP contribution is -1.97. The van der Waals surface area contributed by atoms with Crippen molar-refractivity contribution >= 4 is 33.7 Å². The zero-order valence-corrected chi connectivity index (χ0v) is 13.5. The second-order valence-electron chi connectivity index (χ2n) is 4.78. The monoisotopic (exact) mass is 356 g/mol. The molecule has 110 valence electrons. The second-order valence-corrected chi connectivity index (χ2v) is 5.69. The molecule has 0 spiro atoms. The summed E-state index contributed by atoms with van der Waals surface area (Å²) in [6.07, 6.45) is 3.56. The van der Waals surface area contributed by atoms with Crippen molar-refractivity contribution in [1.29, 1.82) is 0 Å². The smallest absolute Gasteiger partial charge is 0.343 e. The average molecular weight is 357 g/mol. The number of carbonyl (C=O) groups excluding carboxylic acids is 1. The van der Waals surface area contributed by atoms with Gasteiger partial charge in [0.25, 0.3) is 0 Å². The highest BCUT2D eigenvalue weighted by Crippen LogP contribution is 2.28. The minimum absolute atomic E-state index is 0.339. The number of hydrogen-bond acceptors (Lipinski definition) is 3. The number of esters is 1. The molecule has 0 fully saturated rings. The molecule has 0 saturated heterocycles. The number of rotatable bonds is 3. The van der Waals surface area contributed by atoms with Crippen molar-refractivity contribution in [2.75, 3.05) is 7.11 Å². The van der Waals surface area contributed by atoms with Gasteiger partial charge in [-0.1, -0.05) is 40.2 Å². The van der Waals surface area contributed by atoms with Gasteiger partial charge in [-0.15, -0.1) is 0 Å². The predicted octanol–water partition coefficient (Wildman–Crippen LogP) is 4.44. The Morgan fingerprint density at radius 3 is 2.36 bits per heavy atom. The molecule has 22 heavy (non-hydrogen) atoms. The molecule has 0 radical (unpaired) electrons. The Morgan fingerprint density at radius 1 is 1.05 bits per heavy atom. The van der Waals surface area contributed by atoms with E-state index in [0.29, 0.717) is 11.3 Å². The summed E-state index contributed by atoms with van der Waals surface area (Å²) in [6, 6.07) is 15.1. The molecule has 0 amide bonds. The number of halogens is 1. The summed E-state index contributed by atoms with van der Waals surface area (Å²) in [4.78, 5) is 12.0. The summed E-state index contributed by atoms with van der Waals surface area (Å²) < 4.78 is 11.4. The van der Waals surface area contributed by atoms with Gasteiger partial charge in [0.1, 0.15) is 11.5 Å².